The molecule has 0 unspecified atom stereocenters. The molecule has 0 saturated carbocycles. The summed E-state index contributed by atoms with van der Waals surface area (Å²) >= 11 is 3.12. The van der Waals surface area contributed by atoms with E-state index in [1.54, 1.807) is 6.07 Å². The predicted molar refractivity (Wildman–Crippen MR) is 47.2 cm³/mol. The summed E-state index contributed by atoms with van der Waals surface area (Å²) in [7, 11) is 0. The van der Waals surface area contributed by atoms with Gasteiger partial charge in [-0.05, 0) is 34.5 Å². The van der Waals surface area contributed by atoms with E-state index in [9.17, 15) is 10.1 Å². The van der Waals surface area contributed by atoms with E-state index in [1.165, 1.54) is 6.08 Å². The first-order valence-electron chi connectivity index (χ1n) is 3.17. The Kier molecular flexibility index (Phi) is 2.65. The highest BCUT2D eigenvalue weighted by atomic mass is 79.9. The Morgan fingerprint density at radius 1 is 1.75 bits per heavy atom. The molecule has 0 saturated heterocycles. The van der Waals surface area contributed by atoms with Crippen LogP contribution in [0.3, 0.4) is 0 Å². The highest BCUT2D eigenvalue weighted by Crippen LogP contribution is 2.20. The van der Waals surface area contributed by atoms with Gasteiger partial charge in [-0.25, -0.2) is 0 Å². The maximum atomic E-state index is 9.96. The first-order valence-corrected chi connectivity index (χ1v) is 3.96. The third kappa shape index (κ3) is 2.20. The highest BCUT2D eigenvalue weighted by Gasteiger charge is 2.02. The van der Waals surface area contributed by atoms with Gasteiger partial charge in [0.05, 0.1) is 11.0 Å². The Bertz CT molecular complexity index is 329. The van der Waals surface area contributed by atoms with Crippen LogP contribution in [-0.4, -0.2) is 4.92 Å². The molecule has 5 heteroatoms. The number of rotatable bonds is 2. The van der Waals surface area contributed by atoms with Crippen molar-refractivity contribution in [1.29, 1.82) is 0 Å². The van der Waals surface area contributed by atoms with Crippen molar-refractivity contribution in [2.24, 2.45) is 0 Å². The van der Waals surface area contributed by atoms with Gasteiger partial charge in [-0.2, -0.15) is 0 Å². The molecule has 0 aliphatic rings. The summed E-state index contributed by atoms with van der Waals surface area (Å²) in [5.74, 6) is 0.499. The van der Waals surface area contributed by atoms with Crippen LogP contribution in [0.4, 0.5) is 0 Å². The van der Waals surface area contributed by atoms with Crippen LogP contribution in [-0.2, 0) is 0 Å². The van der Waals surface area contributed by atoms with Gasteiger partial charge >= 0.3 is 0 Å². The smallest absolute Gasteiger partial charge is 0.238 e. The van der Waals surface area contributed by atoms with Crippen molar-refractivity contribution in [2.45, 2.75) is 6.92 Å². The van der Waals surface area contributed by atoms with Gasteiger partial charge in [0.25, 0.3) is 0 Å². The molecule has 0 atom stereocenters. The zero-order valence-corrected chi connectivity index (χ0v) is 7.87. The minimum absolute atomic E-state index is 0.499. The number of furan rings is 1. The van der Waals surface area contributed by atoms with Crippen molar-refractivity contribution < 1.29 is 9.34 Å². The number of nitrogens with zero attached hydrogens (tertiary/aromatic N) is 1. The monoisotopic (exact) mass is 231 g/mol. The fourth-order valence-corrected chi connectivity index (χ4v) is 1.27. The lowest BCUT2D eigenvalue weighted by Gasteiger charge is -1.84. The van der Waals surface area contributed by atoms with E-state index in [0.717, 1.165) is 11.8 Å². The topological polar surface area (TPSA) is 56.3 Å². The van der Waals surface area contributed by atoms with Gasteiger partial charge in [-0.15, -0.1) is 0 Å². The van der Waals surface area contributed by atoms with Crippen LogP contribution in [0.2, 0.25) is 0 Å². The molecule has 12 heavy (non-hydrogen) atoms. The summed E-state index contributed by atoms with van der Waals surface area (Å²) < 4.78 is 5.66. The predicted octanol–water partition coefficient (Wildman–Crippen LogP) is 2.60. The van der Waals surface area contributed by atoms with Crippen molar-refractivity contribution in [3.8, 4) is 0 Å². The second-order valence-electron chi connectivity index (χ2n) is 2.20. The molecule has 0 aliphatic heterocycles. The first kappa shape index (κ1) is 8.99. The molecule has 0 bridgehead atoms. The van der Waals surface area contributed by atoms with Gasteiger partial charge in [-0.3, -0.25) is 10.1 Å². The SMILES string of the molecule is Cc1cc(Br)oc1/C=C/[N+](=O)[O-]. The quantitative estimate of drug-likeness (QED) is 0.581. The fraction of sp³-hybridized carbons (Fsp3) is 0.143. The zero-order chi connectivity index (χ0) is 9.14. The van der Waals surface area contributed by atoms with Crippen LogP contribution in [0.1, 0.15) is 11.3 Å². The summed E-state index contributed by atoms with van der Waals surface area (Å²) in [4.78, 5) is 9.42. The van der Waals surface area contributed by atoms with Gasteiger partial charge < -0.3 is 4.42 Å². The minimum Gasteiger partial charge on any atom is -0.449 e. The minimum atomic E-state index is -0.532. The second-order valence-corrected chi connectivity index (χ2v) is 2.98. The molecular weight excluding hydrogens is 226 g/mol. The molecule has 0 aromatic carbocycles. The van der Waals surface area contributed by atoms with Crippen molar-refractivity contribution in [2.75, 3.05) is 0 Å². The van der Waals surface area contributed by atoms with E-state index in [1.807, 2.05) is 6.92 Å². The molecule has 1 aromatic rings. The van der Waals surface area contributed by atoms with Gasteiger partial charge in [0.1, 0.15) is 5.76 Å². The summed E-state index contributed by atoms with van der Waals surface area (Å²) in [5, 5.41) is 9.96. The molecule has 1 rings (SSSR count). The molecule has 1 heterocycles. The third-order valence-electron chi connectivity index (χ3n) is 1.27. The molecular formula is C7H6BrNO3. The van der Waals surface area contributed by atoms with Gasteiger partial charge in [0.15, 0.2) is 4.67 Å². The van der Waals surface area contributed by atoms with E-state index in [0.29, 0.717) is 10.4 Å². The highest BCUT2D eigenvalue weighted by molar-refractivity contribution is 9.10. The standard InChI is InChI=1S/C7H6BrNO3/c1-5-4-7(8)12-6(5)2-3-9(10)11/h2-4H,1H3/b3-2+. The number of halogens is 1. The number of nitro groups is 1. The fourth-order valence-electron chi connectivity index (χ4n) is 0.750. The van der Waals surface area contributed by atoms with Crippen LogP contribution in [0.5, 0.6) is 0 Å². The summed E-state index contributed by atoms with van der Waals surface area (Å²) in [6.45, 7) is 1.81. The molecule has 64 valence electrons. The molecule has 4 nitrogen and oxygen atoms in total. The summed E-state index contributed by atoms with van der Waals surface area (Å²) in [6, 6.07) is 1.75. The Hall–Kier alpha value is -1.10. The average molecular weight is 232 g/mol. The maximum absolute atomic E-state index is 9.96. The molecule has 0 spiro atoms. The van der Waals surface area contributed by atoms with E-state index in [-0.39, 0.29) is 0 Å². The van der Waals surface area contributed by atoms with Crippen LogP contribution in [0.25, 0.3) is 6.08 Å². The molecule has 0 aliphatic carbocycles. The van der Waals surface area contributed by atoms with Crippen LogP contribution < -0.4 is 0 Å². The lowest BCUT2D eigenvalue weighted by molar-refractivity contribution is -0.401. The molecule has 0 amide bonds. The van der Waals surface area contributed by atoms with Crippen LogP contribution >= 0.6 is 15.9 Å². The van der Waals surface area contributed by atoms with Crippen molar-refractivity contribution in [3.05, 3.63) is 38.4 Å². The van der Waals surface area contributed by atoms with Gasteiger partial charge in [-0.1, -0.05) is 0 Å². The molecule has 0 fully saturated rings. The lowest BCUT2D eigenvalue weighted by atomic mass is 10.3. The molecule has 0 N–H and O–H groups in total. The second kappa shape index (κ2) is 3.53. The number of aryl methyl sites for hydroxylation is 1. The first-order chi connectivity index (χ1) is 5.59. The molecule has 1 aromatic heterocycles. The maximum Gasteiger partial charge on any atom is 0.238 e. The Labute approximate surface area is 77.2 Å². The van der Waals surface area contributed by atoms with Gasteiger partial charge in [0.2, 0.25) is 6.20 Å². The Balaban J connectivity index is 2.89. The Morgan fingerprint density at radius 2 is 2.42 bits per heavy atom. The number of hydrogen-bond acceptors (Lipinski definition) is 3. The van der Waals surface area contributed by atoms with Gasteiger partial charge in [0, 0.05) is 0 Å². The van der Waals surface area contributed by atoms with Crippen molar-refractivity contribution >= 4 is 22.0 Å². The average Bonchev–Trinajstić information content (AvgIpc) is 2.26. The van der Waals surface area contributed by atoms with Crippen LogP contribution in [0, 0.1) is 17.0 Å². The number of hydrogen-bond donors (Lipinski definition) is 0. The van der Waals surface area contributed by atoms with E-state index in [2.05, 4.69) is 15.9 Å². The Morgan fingerprint density at radius 3 is 2.83 bits per heavy atom. The van der Waals surface area contributed by atoms with E-state index in [4.69, 9.17) is 4.42 Å². The van der Waals surface area contributed by atoms with Crippen LogP contribution in [0.15, 0.2) is 21.4 Å². The zero-order valence-electron chi connectivity index (χ0n) is 6.28. The lowest BCUT2D eigenvalue weighted by Crippen LogP contribution is -1.81. The summed E-state index contributed by atoms with van der Waals surface area (Å²) in [6.07, 6.45) is 2.17. The van der Waals surface area contributed by atoms with E-state index < -0.39 is 4.92 Å². The summed E-state index contributed by atoms with van der Waals surface area (Å²) in [5.41, 5.74) is 0.861. The largest absolute Gasteiger partial charge is 0.449 e. The van der Waals surface area contributed by atoms with Crippen molar-refractivity contribution in [1.82, 2.24) is 0 Å². The molecule has 0 radical (unpaired) electrons. The normalized spacial score (nSPS) is 10.8. The van der Waals surface area contributed by atoms with E-state index >= 15 is 0 Å². The third-order valence-corrected chi connectivity index (χ3v) is 1.66. The van der Waals surface area contributed by atoms with Crippen molar-refractivity contribution in [3.63, 3.8) is 0 Å².